The Morgan fingerprint density at radius 3 is 2.37 bits per heavy atom. The van der Waals surface area contributed by atoms with Crippen LogP contribution in [0.4, 0.5) is 0 Å². The quantitative estimate of drug-likeness (QED) is 0.185. The van der Waals surface area contributed by atoms with Gasteiger partial charge in [-0.25, -0.2) is 0 Å². The van der Waals surface area contributed by atoms with Crippen molar-refractivity contribution < 1.29 is 24.5 Å². The van der Waals surface area contributed by atoms with Crippen LogP contribution in [0.3, 0.4) is 0 Å². The Kier molecular flexibility index (Phi) is 10.3. The number of Topliss-reactive ketones (excluding diaryl/α,β-unsaturated/α-hetero) is 1. The number of methoxy groups -OCH3 is 1. The fourth-order valence-electron chi connectivity index (χ4n) is 4.05. The predicted molar refractivity (Wildman–Crippen MR) is 142 cm³/mol. The second-order valence-corrected chi connectivity index (χ2v) is 15.0. The van der Waals surface area contributed by atoms with E-state index in [9.17, 15) is 19.8 Å². The van der Waals surface area contributed by atoms with Gasteiger partial charge < -0.3 is 19.8 Å². The van der Waals surface area contributed by atoms with Gasteiger partial charge in [-0.05, 0) is 42.9 Å². The first-order chi connectivity index (χ1) is 16.5. The molecule has 1 amide bonds. The van der Waals surface area contributed by atoms with E-state index in [1.165, 1.54) is 29.4 Å². The second-order valence-electron chi connectivity index (χ2n) is 9.91. The number of ketones is 1. The largest absolute Gasteiger partial charge is 0.508 e. The van der Waals surface area contributed by atoms with Crippen LogP contribution in [0, 0.1) is 5.92 Å². The van der Waals surface area contributed by atoms with E-state index < -0.39 is 20.0 Å². The fourth-order valence-corrected chi connectivity index (χ4v) is 5.37. The Bertz CT molecular complexity index is 1010. The minimum atomic E-state index is -1.35. The van der Waals surface area contributed by atoms with Crippen molar-refractivity contribution in [3.8, 4) is 0 Å². The van der Waals surface area contributed by atoms with E-state index in [1.807, 2.05) is 0 Å². The van der Waals surface area contributed by atoms with Crippen LogP contribution in [0.25, 0.3) is 0 Å². The average molecular weight is 498 g/mol. The van der Waals surface area contributed by atoms with Crippen LogP contribution in [0.5, 0.6) is 0 Å². The van der Waals surface area contributed by atoms with Gasteiger partial charge in [0.1, 0.15) is 11.8 Å². The van der Waals surface area contributed by atoms with E-state index in [4.69, 9.17) is 4.74 Å². The molecular weight excluding hydrogens is 458 g/mol. The third-order valence-electron chi connectivity index (χ3n) is 6.31. The van der Waals surface area contributed by atoms with Crippen LogP contribution in [0.2, 0.25) is 19.6 Å². The molecule has 1 aromatic rings. The van der Waals surface area contributed by atoms with Crippen molar-refractivity contribution in [2.24, 2.45) is 5.92 Å². The number of nitrogens with zero attached hydrogens (tertiary/aromatic N) is 1. The monoisotopic (exact) mass is 497 g/mol. The molecule has 6 nitrogen and oxygen atoms in total. The molecule has 2 N–H and O–H groups in total. The van der Waals surface area contributed by atoms with E-state index in [1.54, 1.807) is 38.2 Å². The van der Waals surface area contributed by atoms with Crippen LogP contribution in [-0.4, -0.2) is 49.0 Å². The number of hydrogen-bond donors (Lipinski definition) is 2. The van der Waals surface area contributed by atoms with E-state index in [0.717, 1.165) is 12.0 Å². The summed E-state index contributed by atoms with van der Waals surface area (Å²) in [6, 6.07) is 6.21. The number of ether oxygens (including phenoxy) is 1. The summed E-state index contributed by atoms with van der Waals surface area (Å²) in [5.74, 6) is -0.457. The van der Waals surface area contributed by atoms with Gasteiger partial charge in [0.25, 0.3) is 5.91 Å². The minimum Gasteiger partial charge on any atom is -0.508 e. The standard InChI is InChI=1S/C28H39NO5Si/c1-7-23(31)18-26(34-3)28(33)29(2)27(22-13-8-21(19-30)9-14-22)25(32)17-12-20-10-15-24(16-11-20)35(4,5)6/h7-10,13-16,18,20,27,30-31H,11-12,17,19H2,1-6H3/b23-7+,26-18-. The highest BCUT2D eigenvalue weighted by Crippen LogP contribution is 2.29. The third-order valence-corrected chi connectivity index (χ3v) is 8.41. The number of allylic oxidation sites excluding steroid dienone is 6. The molecule has 0 aromatic heterocycles. The maximum absolute atomic E-state index is 13.5. The summed E-state index contributed by atoms with van der Waals surface area (Å²) in [7, 11) is 1.56. The van der Waals surface area contributed by atoms with Crippen molar-refractivity contribution in [3.63, 3.8) is 0 Å². The average Bonchev–Trinajstić information content (AvgIpc) is 2.85. The lowest BCUT2D eigenvalue weighted by atomic mass is 9.91. The Morgan fingerprint density at radius 2 is 1.89 bits per heavy atom. The SMILES string of the molecule is C/C=C(O)\C=C(/OC)C(=O)N(C)C(C(=O)CCC1C=CC([Si](C)(C)C)=CC1)c1ccc(CO)cc1. The summed E-state index contributed by atoms with van der Waals surface area (Å²) < 4.78 is 5.21. The molecule has 1 aliphatic rings. The molecule has 0 spiro atoms. The van der Waals surface area contributed by atoms with Crippen molar-refractivity contribution in [1.82, 2.24) is 4.90 Å². The molecule has 1 aliphatic carbocycles. The topological polar surface area (TPSA) is 87.1 Å². The first-order valence-corrected chi connectivity index (χ1v) is 15.5. The van der Waals surface area contributed by atoms with Crippen molar-refractivity contribution >= 4 is 19.8 Å². The van der Waals surface area contributed by atoms with Gasteiger partial charge in [-0.1, -0.05) is 67.3 Å². The van der Waals surface area contributed by atoms with Gasteiger partial charge in [0, 0.05) is 19.5 Å². The highest BCUT2D eigenvalue weighted by molar-refractivity contribution is 6.83. The lowest BCUT2D eigenvalue weighted by Crippen LogP contribution is -2.37. The Balaban J connectivity index is 2.25. The zero-order valence-electron chi connectivity index (χ0n) is 21.7. The lowest BCUT2D eigenvalue weighted by Gasteiger charge is -2.29. The number of aliphatic hydroxyl groups excluding tert-OH is 2. The van der Waals surface area contributed by atoms with Crippen LogP contribution in [-0.2, 0) is 20.9 Å². The molecule has 35 heavy (non-hydrogen) atoms. The van der Waals surface area contributed by atoms with Crippen molar-refractivity contribution in [2.75, 3.05) is 14.2 Å². The summed E-state index contributed by atoms with van der Waals surface area (Å²) in [5.41, 5.74) is 1.38. The predicted octanol–water partition coefficient (Wildman–Crippen LogP) is 5.40. The van der Waals surface area contributed by atoms with Gasteiger partial charge >= 0.3 is 0 Å². The normalized spacial score (nSPS) is 17.6. The first kappa shape index (κ1) is 28.3. The zero-order valence-corrected chi connectivity index (χ0v) is 22.7. The summed E-state index contributed by atoms with van der Waals surface area (Å²) in [6.07, 6.45) is 11.4. The Hall–Kier alpha value is -2.90. The highest BCUT2D eigenvalue weighted by Gasteiger charge is 2.31. The van der Waals surface area contributed by atoms with Gasteiger partial charge in [-0.2, -0.15) is 0 Å². The number of carbonyl (C=O) groups excluding carboxylic acids is 2. The smallest absolute Gasteiger partial charge is 0.289 e. The molecule has 7 heteroatoms. The van der Waals surface area contributed by atoms with Gasteiger partial charge in [-0.3, -0.25) is 9.59 Å². The molecule has 0 heterocycles. The minimum absolute atomic E-state index is 0.0629. The number of likely N-dealkylation sites (N-methyl/N-ethyl adjacent to an activating group) is 1. The number of carbonyl (C=O) groups is 2. The number of aliphatic hydroxyl groups is 2. The van der Waals surface area contributed by atoms with Crippen LogP contribution in [0.15, 0.2) is 71.4 Å². The van der Waals surface area contributed by atoms with Crippen LogP contribution in [0.1, 0.15) is 43.4 Å². The second kappa shape index (κ2) is 12.7. The van der Waals surface area contributed by atoms with Crippen LogP contribution < -0.4 is 0 Å². The third kappa shape index (κ3) is 7.80. The molecule has 0 bridgehead atoms. The number of benzene rings is 1. The van der Waals surface area contributed by atoms with Gasteiger partial charge in [0.2, 0.25) is 0 Å². The molecule has 0 fully saturated rings. The molecule has 0 radical (unpaired) electrons. The summed E-state index contributed by atoms with van der Waals surface area (Å²) in [4.78, 5) is 28.0. The summed E-state index contributed by atoms with van der Waals surface area (Å²) >= 11 is 0. The maximum atomic E-state index is 13.5. The van der Waals surface area contributed by atoms with Gasteiger partial charge in [-0.15, -0.1) is 0 Å². The van der Waals surface area contributed by atoms with Gasteiger partial charge in [0.15, 0.2) is 11.5 Å². The van der Waals surface area contributed by atoms with Crippen molar-refractivity contribution in [2.45, 2.75) is 58.5 Å². The number of amides is 1. The fraction of sp³-hybridized carbons (Fsp3) is 0.429. The molecule has 2 unspecified atom stereocenters. The Morgan fingerprint density at radius 1 is 1.23 bits per heavy atom. The molecular formula is C28H39NO5Si. The molecule has 1 aromatic carbocycles. The molecule has 190 valence electrons. The summed E-state index contributed by atoms with van der Waals surface area (Å²) in [5, 5.41) is 20.7. The maximum Gasteiger partial charge on any atom is 0.289 e. The van der Waals surface area contributed by atoms with Gasteiger partial charge in [0.05, 0.1) is 21.8 Å². The molecule has 0 saturated carbocycles. The van der Waals surface area contributed by atoms with Crippen molar-refractivity contribution in [1.29, 1.82) is 0 Å². The molecule has 2 rings (SSSR count). The number of rotatable bonds is 11. The molecule has 0 aliphatic heterocycles. The molecule has 2 atom stereocenters. The van der Waals surface area contributed by atoms with E-state index in [2.05, 4.69) is 37.9 Å². The van der Waals surface area contributed by atoms with Crippen molar-refractivity contribution in [3.05, 3.63) is 82.5 Å². The zero-order chi connectivity index (χ0) is 26.2. The van der Waals surface area contributed by atoms with E-state index >= 15 is 0 Å². The highest BCUT2D eigenvalue weighted by atomic mass is 28.3. The Labute approximate surface area is 210 Å². The summed E-state index contributed by atoms with van der Waals surface area (Å²) in [6.45, 7) is 8.51. The first-order valence-electron chi connectivity index (χ1n) is 12.0. The number of hydrogen-bond acceptors (Lipinski definition) is 5. The van der Waals surface area contributed by atoms with Crippen LogP contribution >= 0.6 is 0 Å². The molecule has 0 saturated heterocycles. The van der Waals surface area contributed by atoms with E-state index in [0.29, 0.717) is 24.3 Å². The lowest BCUT2D eigenvalue weighted by molar-refractivity contribution is -0.137. The van der Waals surface area contributed by atoms with E-state index in [-0.39, 0.29) is 23.9 Å².